The molecule has 1 aromatic heterocycles. The summed E-state index contributed by atoms with van der Waals surface area (Å²) in [4.78, 5) is 33.2. The molecule has 0 aliphatic carbocycles. The van der Waals surface area contributed by atoms with Gasteiger partial charge in [0, 0.05) is 12.1 Å². The molecule has 1 amide bonds. The molecule has 6 nitrogen and oxygen atoms in total. The molecule has 0 bridgehead atoms. The van der Waals surface area contributed by atoms with Crippen molar-refractivity contribution in [3.8, 4) is 16.3 Å². The van der Waals surface area contributed by atoms with Gasteiger partial charge in [-0.1, -0.05) is 62.2 Å². The number of carbonyl (C=O) groups excluding carboxylic acids is 2. The van der Waals surface area contributed by atoms with Crippen LogP contribution in [0.15, 0.2) is 65.9 Å². The molecule has 0 saturated carbocycles. The second-order valence-corrected chi connectivity index (χ2v) is 9.09. The molecule has 0 spiro atoms. The fraction of sp³-hybridized carbons (Fsp3) is 0.269. The van der Waals surface area contributed by atoms with Crippen molar-refractivity contribution in [2.75, 3.05) is 6.54 Å². The molecule has 1 aliphatic rings. The van der Waals surface area contributed by atoms with Crippen LogP contribution >= 0.6 is 11.3 Å². The standard InChI is InChI=1S/C26H26N2O4S/c1-3-4-8-14-28-21(18-12-9-13-19(29)15-18)20(23(31)26(28)32)22(30)24-16(2)27-25(33-24)17-10-6-5-7-11-17/h5-7,9-13,15,21,29,31H,3-4,8,14H2,1-2H3. The highest BCUT2D eigenvalue weighted by Crippen LogP contribution is 2.41. The average Bonchev–Trinajstić information content (AvgIpc) is 3.32. The van der Waals surface area contributed by atoms with Gasteiger partial charge in [0.1, 0.15) is 10.8 Å². The third-order valence-corrected chi connectivity index (χ3v) is 6.97. The fourth-order valence-electron chi connectivity index (χ4n) is 4.12. The minimum Gasteiger partial charge on any atom is -0.508 e. The van der Waals surface area contributed by atoms with Gasteiger partial charge in [-0.2, -0.15) is 0 Å². The van der Waals surface area contributed by atoms with Crippen molar-refractivity contribution < 1.29 is 19.8 Å². The quantitative estimate of drug-likeness (QED) is 0.336. The zero-order valence-electron chi connectivity index (χ0n) is 18.6. The van der Waals surface area contributed by atoms with Crippen LogP contribution in [0.2, 0.25) is 0 Å². The second-order valence-electron chi connectivity index (χ2n) is 8.09. The highest BCUT2D eigenvalue weighted by atomic mass is 32.1. The van der Waals surface area contributed by atoms with Gasteiger partial charge in [0.2, 0.25) is 5.78 Å². The number of rotatable bonds is 8. The van der Waals surface area contributed by atoms with E-state index in [0.29, 0.717) is 27.7 Å². The van der Waals surface area contributed by atoms with E-state index >= 15 is 0 Å². The first-order valence-corrected chi connectivity index (χ1v) is 11.8. The monoisotopic (exact) mass is 462 g/mol. The van der Waals surface area contributed by atoms with E-state index in [1.165, 1.54) is 28.4 Å². The molecule has 0 fully saturated rings. The number of aliphatic hydroxyl groups excluding tert-OH is 1. The molecular formula is C26H26N2O4S. The molecule has 4 rings (SSSR count). The number of Topliss-reactive ketones (excluding diaryl/α,β-unsaturated/α-hetero) is 1. The summed E-state index contributed by atoms with van der Waals surface area (Å²) < 4.78 is 0. The summed E-state index contributed by atoms with van der Waals surface area (Å²) in [7, 11) is 0. The van der Waals surface area contributed by atoms with Crippen LogP contribution in [-0.4, -0.2) is 38.3 Å². The number of unbranched alkanes of at least 4 members (excludes halogenated alkanes) is 2. The van der Waals surface area contributed by atoms with Crippen molar-refractivity contribution in [1.29, 1.82) is 0 Å². The van der Waals surface area contributed by atoms with Gasteiger partial charge >= 0.3 is 0 Å². The van der Waals surface area contributed by atoms with Crippen LogP contribution in [-0.2, 0) is 4.79 Å². The zero-order valence-corrected chi connectivity index (χ0v) is 19.4. The number of aliphatic hydroxyl groups is 1. The van der Waals surface area contributed by atoms with Crippen LogP contribution in [0.4, 0.5) is 0 Å². The van der Waals surface area contributed by atoms with Crippen LogP contribution in [0, 0.1) is 6.92 Å². The van der Waals surface area contributed by atoms with Gasteiger partial charge in [-0.05, 0) is 31.0 Å². The Kier molecular flexibility index (Phi) is 6.60. The predicted octanol–water partition coefficient (Wildman–Crippen LogP) is 5.59. The van der Waals surface area contributed by atoms with Gasteiger partial charge in [0.05, 0.1) is 22.2 Å². The number of carbonyl (C=O) groups is 2. The third-order valence-electron chi connectivity index (χ3n) is 5.76. The van der Waals surface area contributed by atoms with Crippen LogP contribution < -0.4 is 0 Å². The summed E-state index contributed by atoms with van der Waals surface area (Å²) >= 11 is 1.25. The van der Waals surface area contributed by atoms with Gasteiger partial charge in [-0.25, -0.2) is 4.98 Å². The molecule has 1 aliphatic heterocycles. The minimum atomic E-state index is -0.768. The summed E-state index contributed by atoms with van der Waals surface area (Å²) in [6.45, 7) is 4.23. The Bertz CT molecular complexity index is 1220. The normalized spacial score (nSPS) is 16.0. The highest BCUT2D eigenvalue weighted by molar-refractivity contribution is 7.17. The first kappa shape index (κ1) is 22.7. The number of ketones is 1. The van der Waals surface area contributed by atoms with Crippen molar-refractivity contribution in [3.63, 3.8) is 0 Å². The number of aromatic nitrogens is 1. The predicted molar refractivity (Wildman–Crippen MR) is 128 cm³/mol. The van der Waals surface area contributed by atoms with E-state index in [1.54, 1.807) is 19.1 Å². The number of thiazole rings is 1. The fourth-order valence-corrected chi connectivity index (χ4v) is 5.15. The minimum absolute atomic E-state index is 0.0342. The maximum absolute atomic E-state index is 13.7. The van der Waals surface area contributed by atoms with Crippen LogP contribution in [0.3, 0.4) is 0 Å². The Hall–Kier alpha value is -3.45. The number of phenols is 1. The largest absolute Gasteiger partial charge is 0.508 e. The Morgan fingerprint density at radius 1 is 1.09 bits per heavy atom. The number of phenolic OH excluding ortho intramolecular Hbond substituents is 1. The number of benzene rings is 2. The van der Waals surface area contributed by atoms with E-state index in [0.717, 1.165) is 24.8 Å². The van der Waals surface area contributed by atoms with Crippen molar-refractivity contribution in [2.24, 2.45) is 0 Å². The summed E-state index contributed by atoms with van der Waals surface area (Å²) in [6, 6.07) is 15.3. The van der Waals surface area contributed by atoms with Crippen LogP contribution in [0.1, 0.15) is 53.2 Å². The van der Waals surface area contributed by atoms with E-state index < -0.39 is 23.5 Å². The molecule has 2 aromatic carbocycles. The Morgan fingerprint density at radius 3 is 2.55 bits per heavy atom. The maximum atomic E-state index is 13.7. The maximum Gasteiger partial charge on any atom is 0.290 e. The summed E-state index contributed by atoms with van der Waals surface area (Å²) in [5.41, 5.74) is 2.07. The number of aromatic hydroxyl groups is 1. The van der Waals surface area contributed by atoms with Gasteiger partial charge in [0.15, 0.2) is 5.76 Å². The lowest BCUT2D eigenvalue weighted by Crippen LogP contribution is -2.32. The van der Waals surface area contributed by atoms with Crippen molar-refractivity contribution in [2.45, 2.75) is 39.2 Å². The smallest absolute Gasteiger partial charge is 0.290 e. The Morgan fingerprint density at radius 2 is 1.85 bits per heavy atom. The molecule has 0 saturated heterocycles. The number of hydrogen-bond acceptors (Lipinski definition) is 6. The Balaban J connectivity index is 1.76. The summed E-state index contributed by atoms with van der Waals surface area (Å²) in [6.07, 6.45) is 2.66. The molecule has 3 aromatic rings. The van der Waals surface area contributed by atoms with Crippen LogP contribution in [0.25, 0.3) is 10.6 Å². The lowest BCUT2D eigenvalue weighted by atomic mass is 9.94. The molecule has 33 heavy (non-hydrogen) atoms. The first-order chi connectivity index (χ1) is 15.9. The van der Waals surface area contributed by atoms with Crippen LogP contribution in [0.5, 0.6) is 5.75 Å². The molecule has 2 N–H and O–H groups in total. The average molecular weight is 463 g/mol. The number of hydrogen-bond donors (Lipinski definition) is 2. The molecule has 170 valence electrons. The number of aryl methyl sites for hydroxylation is 1. The molecule has 0 radical (unpaired) electrons. The lowest BCUT2D eigenvalue weighted by molar-refractivity contribution is -0.129. The second kappa shape index (κ2) is 9.58. The number of amides is 1. The van der Waals surface area contributed by atoms with Gasteiger partial charge in [0.25, 0.3) is 5.91 Å². The molecule has 2 heterocycles. The van der Waals surface area contributed by atoms with Crippen molar-refractivity contribution >= 4 is 23.0 Å². The van der Waals surface area contributed by atoms with E-state index in [4.69, 9.17) is 0 Å². The molecule has 7 heteroatoms. The summed E-state index contributed by atoms with van der Waals surface area (Å²) in [5.74, 6) is -1.47. The van der Waals surface area contributed by atoms with Crippen molar-refractivity contribution in [3.05, 3.63) is 82.1 Å². The Labute approximate surface area is 196 Å². The highest BCUT2D eigenvalue weighted by Gasteiger charge is 2.44. The molecule has 1 atom stereocenters. The number of nitrogens with zero attached hydrogens (tertiary/aromatic N) is 2. The van der Waals surface area contributed by atoms with Gasteiger partial charge in [-0.3, -0.25) is 9.59 Å². The molecular weight excluding hydrogens is 436 g/mol. The third kappa shape index (κ3) is 4.41. The van der Waals surface area contributed by atoms with Gasteiger partial charge < -0.3 is 15.1 Å². The SMILES string of the molecule is CCCCCN1C(=O)C(O)=C(C(=O)c2sc(-c3ccccc3)nc2C)C1c1cccc(O)c1. The first-order valence-electron chi connectivity index (χ1n) is 11.0. The molecule has 1 unspecified atom stereocenters. The van der Waals surface area contributed by atoms with E-state index in [2.05, 4.69) is 11.9 Å². The van der Waals surface area contributed by atoms with Crippen molar-refractivity contribution in [1.82, 2.24) is 9.88 Å². The topological polar surface area (TPSA) is 90.7 Å². The van der Waals surface area contributed by atoms with Gasteiger partial charge in [-0.15, -0.1) is 11.3 Å². The summed E-state index contributed by atoms with van der Waals surface area (Å²) in [5, 5.41) is 21.6. The van der Waals surface area contributed by atoms with E-state index in [1.807, 2.05) is 30.3 Å². The van der Waals surface area contributed by atoms with E-state index in [-0.39, 0.29) is 11.3 Å². The van der Waals surface area contributed by atoms with E-state index in [9.17, 15) is 19.8 Å². The zero-order chi connectivity index (χ0) is 23.5. The lowest BCUT2D eigenvalue weighted by Gasteiger charge is -2.27.